The molecule has 0 bridgehead atoms. The fraction of sp³-hybridized carbons (Fsp3) is 0.636. The molecule has 1 aromatic rings. The molecule has 5 nitrogen and oxygen atoms in total. The number of anilines is 2. The average Bonchev–Trinajstić information content (AvgIpc) is 2.32. The fourth-order valence-corrected chi connectivity index (χ4v) is 2.72. The molecule has 1 aromatic heterocycles. The van der Waals surface area contributed by atoms with Crippen molar-refractivity contribution in [3.05, 3.63) is 10.8 Å². The van der Waals surface area contributed by atoms with Gasteiger partial charge in [0.25, 0.3) is 0 Å². The molecule has 0 spiro atoms. The topological polar surface area (TPSA) is 75.9 Å². The van der Waals surface area contributed by atoms with Crippen molar-refractivity contribution in [1.82, 2.24) is 9.97 Å². The minimum atomic E-state index is 0.126. The summed E-state index contributed by atoms with van der Waals surface area (Å²) in [7, 11) is 0. The molecule has 0 atom stereocenters. The van der Waals surface area contributed by atoms with Crippen LogP contribution < -0.4 is 16.6 Å². The predicted octanol–water partition coefficient (Wildman–Crippen LogP) is 2.66. The van der Waals surface area contributed by atoms with Crippen molar-refractivity contribution in [1.29, 1.82) is 0 Å². The predicted molar refractivity (Wildman–Crippen MR) is 72.7 cm³/mol. The summed E-state index contributed by atoms with van der Waals surface area (Å²) in [4.78, 5) is 8.30. The minimum absolute atomic E-state index is 0.126. The molecule has 0 saturated heterocycles. The summed E-state index contributed by atoms with van der Waals surface area (Å²) in [5.74, 6) is 6.79. The Kier molecular flexibility index (Phi) is 3.83. The van der Waals surface area contributed by atoms with Crippen LogP contribution >= 0.6 is 15.9 Å². The van der Waals surface area contributed by atoms with Crippen LogP contribution in [0.1, 0.15) is 39.0 Å². The van der Waals surface area contributed by atoms with Gasteiger partial charge in [-0.1, -0.05) is 19.3 Å². The van der Waals surface area contributed by atoms with Gasteiger partial charge in [0.2, 0.25) is 0 Å². The Bertz CT molecular complexity index is 389. The second-order valence-corrected chi connectivity index (χ2v) is 5.57. The molecule has 1 saturated carbocycles. The van der Waals surface area contributed by atoms with Gasteiger partial charge in [-0.3, -0.25) is 0 Å². The summed E-state index contributed by atoms with van der Waals surface area (Å²) in [5, 5.41) is 3.51. The van der Waals surface area contributed by atoms with Crippen molar-refractivity contribution in [2.45, 2.75) is 44.6 Å². The normalized spacial score (nSPS) is 18.8. The Hall–Kier alpha value is -0.880. The molecule has 1 fully saturated rings. The summed E-state index contributed by atoms with van der Waals surface area (Å²) >= 11 is 3.46. The number of hydrogen-bond acceptors (Lipinski definition) is 5. The summed E-state index contributed by atoms with van der Waals surface area (Å²) in [6.45, 7) is 2.25. The molecule has 1 aliphatic carbocycles. The highest BCUT2D eigenvalue weighted by molar-refractivity contribution is 9.10. The van der Waals surface area contributed by atoms with Crippen LogP contribution in [-0.4, -0.2) is 15.5 Å². The number of halogens is 1. The number of hydrazine groups is 1. The van der Waals surface area contributed by atoms with Crippen LogP contribution in [0.3, 0.4) is 0 Å². The molecule has 0 amide bonds. The molecule has 0 aromatic carbocycles. The maximum absolute atomic E-state index is 5.39. The van der Waals surface area contributed by atoms with Crippen molar-refractivity contribution in [3.63, 3.8) is 0 Å². The third-order valence-corrected chi connectivity index (χ3v) is 4.05. The molecule has 2 rings (SSSR count). The van der Waals surface area contributed by atoms with Gasteiger partial charge in [0.05, 0.1) is 0 Å². The number of aromatic nitrogens is 2. The van der Waals surface area contributed by atoms with Crippen molar-refractivity contribution in [2.75, 3.05) is 10.7 Å². The van der Waals surface area contributed by atoms with Gasteiger partial charge < -0.3 is 10.7 Å². The maximum Gasteiger partial charge on any atom is 0.159 e. The van der Waals surface area contributed by atoms with Crippen molar-refractivity contribution in [3.8, 4) is 0 Å². The zero-order valence-electron chi connectivity index (χ0n) is 9.96. The first-order chi connectivity index (χ1) is 8.14. The molecule has 1 heterocycles. The second-order valence-electron chi connectivity index (χ2n) is 4.78. The van der Waals surface area contributed by atoms with Crippen LogP contribution in [0.4, 0.5) is 11.6 Å². The summed E-state index contributed by atoms with van der Waals surface area (Å²) < 4.78 is 0.786. The summed E-state index contributed by atoms with van der Waals surface area (Å²) in [5.41, 5.74) is 2.67. The van der Waals surface area contributed by atoms with Crippen LogP contribution in [0, 0.1) is 0 Å². The Morgan fingerprint density at radius 1 is 1.24 bits per heavy atom. The molecule has 0 unspecified atom stereocenters. The molecular weight excluding hydrogens is 282 g/mol. The monoisotopic (exact) mass is 299 g/mol. The largest absolute Gasteiger partial charge is 0.364 e. The van der Waals surface area contributed by atoms with E-state index >= 15 is 0 Å². The van der Waals surface area contributed by atoms with Gasteiger partial charge in [0.15, 0.2) is 5.82 Å². The van der Waals surface area contributed by atoms with Crippen molar-refractivity contribution in [2.24, 2.45) is 5.84 Å². The maximum atomic E-state index is 5.39. The highest BCUT2D eigenvalue weighted by Gasteiger charge is 2.27. The van der Waals surface area contributed by atoms with Gasteiger partial charge in [-0.15, -0.1) is 0 Å². The lowest BCUT2D eigenvalue weighted by molar-refractivity contribution is 0.348. The van der Waals surface area contributed by atoms with Crippen LogP contribution in [0.25, 0.3) is 0 Å². The molecule has 1 aliphatic rings. The molecule has 94 valence electrons. The average molecular weight is 300 g/mol. The zero-order valence-corrected chi connectivity index (χ0v) is 11.5. The van der Waals surface area contributed by atoms with Crippen LogP contribution in [0.2, 0.25) is 0 Å². The SMILES string of the molecule is CC1(Nc2ncnc(NN)c2Br)CCCCC1. The van der Waals surface area contributed by atoms with Crippen molar-refractivity contribution >= 4 is 27.6 Å². The number of rotatable bonds is 3. The quantitative estimate of drug-likeness (QED) is 0.591. The van der Waals surface area contributed by atoms with E-state index in [2.05, 4.69) is 43.6 Å². The Morgan fingerprint density at radius 2 is 1.88 bits per heavy atom. The summed E-state index contributed by atoms with van der Waals surface area (Å²) in [6, 6.07) is 0. The van der Waals surface area contributed by atoms with E-state index in [4.69, 9.17) is 5.84 Å². The van der Waals surface area contributed by atoms with E-state index in [-0.39, 0.29) is 5.54 Å². The number of nitrogens with zero attached hydrogens (tertiary/aromatic N) is 2. The number of nitrogens with two attached hydrogens (primary N) is 1. The highest BCUT2D eigenvalue weighted by Crippen LogP contribution is 2.34. The number of nitrogen functional groups attached to an aromatic ring is 1. The Labute approximate surface area is 110 Å². The summed E-state index contributed by atoms with van der Waals surface area (Å²) in [6.07, 6.45) is 7.73. The smallest absolute Gasteiger partial charge is 0.159 e. The lowest BCUT2D eigenvalue weighted by Gasteiger charge is -2.35. The first kappa shape index (κ1) is 12.6. The minimum Gasteiger partial charge on any atom is -0.364 e. The molecule has 0 aliphatic heterocycles. The lowest BCUT2D eigenvalue weighted by Crippen LogP contribution is -2.37. The van der Waals surface area contributed by atoms with Gasteiger partial charge in [0, 0.05) is 5.54 Å². The van der Waals surface area contributed by atoms with E-state index in [0.717, 1.165) is 10.3 Å². The van der Waals surface area contributed by atoms with Gasteiger partial charge >= 0.3 is 0 Å². The van der Waals surface area contributed by atoms with Crippen LogP contribution in [0.15, 0.2) is 10.8 Å². The van der Waals surface area contributed by atoms with E-state index < -0.39 is 0 Å². The van der Waals surface area contributed by atoms with E-state index in [1.807, 2.05) is 0 Å². The lowest BCUT2D eigenvalue weighted by atomic mass is 9.83. The molecular formula is C11H18BrN5. The Balaban J connectivity index is 2.17. The van der Waals surface area contributed by atoms with Gasteiger partial charge in [-0.2, -0.15) is 0 Å². The Morgan fingerprint density at radius 3 is 2.53 bits per heavy atom. The first-order valence-electron chi connectivity index (χ1n) is 5.90. The third-order valence-electron chi connectivity index (χ3n) is 3.30. The first-order valence-corrected chi connectivity index (χ1v) is 6.69. The molecule has 6 heteroatoms. The molecule has 17 heavy (non-hydrogen) atoms. The van der Waals surface area contributed by atoms with E-state index in [0.29, 0.717) is 5.82 Å². The standard InChI is InChI=1S/C11H18BrN5/c1-11(5-3-2-4-6-11)16-9-8(12)10(17-13)15-7-14-9/h7H,2-6,13H2,1H3,(H2,14,15,16,17). The zero-order chi connectivity index (χ0) is 12.3. The van der Waals surface area contributed by atoms with Gasteiger partial charge in [0.1, 0.15) is 16.6 Å². The third kappa shape index (κ3) is 2.87. The van der Waals surface area contributed by atoms with E-state index in [1.54, 1.807) is 0 Å². The van der Waals surface area contributed by atoms with Gasteiger partial charge in [-0.25, -0.2) is 15.8 Å². The van der Waals surface area contributed by atoms with E-state index in [1.165, 1.54) is 38.4 Å². The van der Waals surface area contributed by atoms with Gasteiger partial charge in [-0.05, 0) is 35.7 Å². The fourth-order valence-electron chi connectivity index (χ4n) is 2.30. The number of nitrogens with one attached hydrogen (secondary N) is 2. The van der Waals surface area contributed by atoms with Crippen LogP contribution in [-0.2, 0) is 0 Å². The van der Waals surface area contributed by atoms with Crippen molar-refractivity contribution < 1.29 is 0 Å². The van der Waals surface area contributed by atoms with Crippen LogP contribution in [0.5, 0.6) is 0 Å². The van der Waals surface area contributed by atoms with E-state index in [9.17, 15) is 0 Å². The second kappa shape index (κ2) is 5.18. The molecule has 4 N–H and O–H groups in total. The number of hydrogen-bond donors (Lipinski definition) is 3. The molecule has 0 radical (unpaired) electrons. The highest BCUT2D eigenvalue weighted by atomic mass is 79.9.